The van der Waals surface area contributed by atoms with Crippen molar-refractivity contribution in [3.8, 4) is 0 Å². The summed E-state index contributed by atoms with van der Waals surface area (Å²) < 4.78 is 68.4. The minimum Gasteiger partial charge on any atom is -0.417 e. The number of benzene rings is 4. The van der Waals surface area contributed by atoms with E-state index in [0.29, 0.717) is 38.7 Å². The molecule has 7 aliphatic heterocycles. The summed E-state index contributed by atoms with van der Waals surface area (Å²) in [5, 5.41) is 4.20. The summed E-state index contributed by atoms with van der Waals surface area (Å²) in [4.78, 5) is 15.4. The summed E-state index contributed by atoms with van der Waals surface area (Å²) in [7, 11) is -8.52. The molecule has 0 saturated carbocycles. The fourth-order valence-corrected chi connectivity index (χ4v) is 27.4. The average molecular weight is 1320 g/mol. The van der Waals surface area contributed by atoms with Crippen LogP contribution in [0.3, 0.4) is 0 Å². The van der Waals surface area contributed by atoms with Gasteiger partial charge in [-0.05, 0) is 135 Å². The van der Waals surface area contributed by atoms with Crippen molar-refractivity contribution in [1.82, 2.24) is 0 Å². The van der Waals surface area contributed by atoms with E-state index in [2.05, 4.69) is 243 Å². The first kappa shape index (κ1) is 70.4. The van der Waals surface area contributed by atoms with Crippen LogP contribution in [0.15, 0.2) is 158 Å². The number of ketones is 1. The number of rotatable bonds is 13. The molecule has 13 heteroatoms. The number of hydrogen-bond donors (Lipinski definition) is 0. The first-order valence-electron chi connectivity index (χ1n) is 35.8. The van der Waals surface area contributed by atoms with Crippen molar-refractivity contribution < 1.29 is 46.5 Å². The van der Waals surface area contributed by atoms with Gasteiger partial charge in [-0.25, -0.2) is 0 Å². The van der Waals surface area contributed by atoms with E-state index >= 15 is 4.79 Å². The Kier molecular flexibility index (Phi) is 21.6. The van der Waals surface area contributed by atoms with Gasteiger partial charge in [-0.3, -0.25) is 4.79 Å². The standard InChI is InChI=1S/C80H114O10Si3/c1-52-38-39-59-47-55(4)67(83-59)42-40-60-46-54(3)56(5)70(84-60)50-71-66(57(6)69(86-71)45-53(2)51-82-91(16,17)78(7,8)9)49-58(81)48-61-41-43-68-73(85-61)77(90-93(80(13,14)15,64-34-26-20-27-35-64)65-36-28-21-29-37-65)76-75(87-68)74(72(44-52)88-76)89-92(79(10,11)12,62-30-22-18-23-31-62)63-32-24-19-25-33-63/h18-39,52-54,57,59-61,66-77H,4-5,40-51H2,1-3,6-17H3/b39-38+/t52?,53-,54+,57+,59-,60-,61?,66+,67?,68-,69+,70?,71-,72+,73-,74-,75-,76+,77-/m0/s1. The van der Waals surface area contributed by atoms with Crippen LogP contribution >= 0.6 is 0 Å². The molecule has 4 aromatic carbocycles. The van der Waals surface area contributed by atoms with E-state index in [-0.39, 0.29) is 106 Å². The van der Waals surface area contributed by atoms with Crippen LogP contribution in [0.4, 0.5) is 0 Å². The number of carbonyl (C=O) groups excluding carboxylic acids is 1. The highest BCUT2D eigenvalue weighted by atomic mass is 28.4. The van der Waals surface area contributed by atoms with E-state index < -0.39 is 61.6 Å². The van der Waals surface area contributed by atoms with Gasteiger partial charge in [0.2, 0.25) is 0 Å². The van der Waals surface area contributed by atoms with Crippen LogP contribution in [0.25, 0.3) is 0 Å². The van der Waals surface area contributed by atoms with Crippen LogP contribution in [-0.2, 0) is 46.5 Å². The smallest absolute Gasteiger partial charge is 0.261 e. The molecule has 4 unspecified atom stereocenters. The Balaban J connectivity index is 0.999. The zero-order valence-electron chi connectivity index (χ0n) is 59.2. The summed E-state index contributed by atoms with van der Waals surface area (Å²) in [6, 6.07) is 43.8. The first-order valence-corrected chi connectivity index (χ1v) is 42.5. The van der Waals surface area contributed by atoms with E-state index in [1.807, 2.05) is 0 Å². The lowest BCUT2D eigenvalue weighted by Gasteiger charge is -2.53. The molecule has 0 N–H and O–H groups in total. The van der Waals surface area contributed by atoms with E-state index in [0.717, 1.165) is 43.3 Å². The molecule has 10 nitrogen and oxygen atoms in total. The number of Topliss-reactive ketones (excluding diaryl/α,β-unsaturated/α-hetero) is 1. The summed E-state index contributed by atoms with van der Waals surface area (Å²) in [5.41, 5.74) is 2.26. The van der Waals surface area contributed by atoms with E-state index in [1.165, 1.54) is 20.7 Å². The Morgan fingerprint density at radius 3 is 1.60 bits per heavy atom. The maximum atomic E-state index is 15.4. The lowest BCUT2D eigenvalue weighted by molar-refractivity contribution is -0.254. The molecule has 93 heavy (non-hydrogen) atoms. The van der Waals surface area contributed by atoms with Crippen molar-refractivity contribution in [2.75, 3.05) is 6.61 Å². The van der Waals surface area contributed by atoms with Gasteiger partial charge < -0.3 is 41.7 Å². The molecule has 0 aromatic heterocycles. The van der Waals surface area contributed by atoms with Gasteiger partial charge in [-0.2, -0.15) is 0 Å². The SMILES string of the molecule is C=C1C[C@@H]2/C=C/C(C)C[C@H]3O[C@H]4[C@@H](O[Si](c5ccccc5)(c5ccccc5)C(C)(C)C)[C@H]5OC(CC[C@@H]5O[C@H]4[C@H]3O[Si](c3ccccc3)(c3ccccc3)C(C)(C)C)CC(=O)C[C@@H]3[C@@H](C)[C@@H](C[C@H](C)CO[Si](C)(C)C(C)(C)C)O[C@H]3CC3O[C@@H](CCC1O2)C[C@@H](C)C3=C. The van der Waals surface area contributed by atoms with Gasteiger partial charge in [0, 0.05) is 32.3 Å². The Bertz CT molecular complexity index is 3100. The highest BCUT2D eigenvalue weighted by Crippen LogP contribution is 2.50. The molecular formula is C80H114O10Si3. The van der Waals surface area contributed by atoms with Crippen molar-refractivity contribution in [3.05, 3.63) is 158 Å². The number of hydrogen-bond acceptors (Lipinski definition) is 10. The summed E-state index contributed by atoms with van der Waals surface area (Å²) >= 11 is 0. The molecule has 0 radical (unpaired) electrons. The minimum atomic E-state index is -3.32. The van der Waals surface area contributed by atoms with Crippen molar-refractivity contribution in [3.63, 3.8) is 0 Å². The topological polar surface area (TPSA) is 100 Å². The highest BCUT2D eigenvalue weighted by molar-refractivity contribution is 7.00. The fraction of sp³-hybridized carbons (Fsp3) is 0.613. The second kappa shape index (κ2) is 28.5. The van der Waals surface area contributed by atoms with Crippen LogP contribution in [-0.4, -0.2) is 123 Å². The largest absolute Gasteiger partial charge is 0.417 e. The normalized spacial score (nSPS) is 34.2. The third-order valence-corrected chi connectivity index (χ3v) is 37.7. The van der Waals surface area contributed by atoms with Crippen molar-refractivity contribution in [2.24, 2.45) is 29.6 Å². The molecular weight excluding hydrogens is 1210 g/mol. The molecule has 7 aliphatic rings. The fourth-order valence-electron chi connectivity index (χ4n) is 16.9. The van der Waals surface area contributed by atoms with Crippen molar-refractivity contribution in [1.29, 1.82) is 0 Å². The monoisotopic (exact) mass is 1320 g/mol. The molecule has 0 amide bonds. The quantitative estimate of drug-likeness (QED) is 0.0950. The zero-order chi connectivity index (χ0) is 66.4. The van der Waals surface area contributed by atoms with Crippen molar-refractivity contribution >= 4 is 51.5 Å². The lowest BCUT2D eigenvalue weighted by Crippen LogP contribution is -2.73. The van der Waals surface area contributed by atoms with Gasteiger partial charge >= 0.3 is 0 Å². The van der Waals surface area contributed by atoms with Crippen LogP contribution < -0.4 is 20.7 Å². The van der Waals surface area contributed by atoms with Gasteiger partial charge in [0.05, 0.1) is 54.9 Å². The second-order valence-electron chi connectivity index (χ2n) is 33.1. The van der Waals surface area contributed by atoms with Gasteiger partial charge in [0.15, 0.2) is 8.32 Å². The first-order chi connectivity index (χ1) is 44.1. The van der Waals surface area contributed by atoms with Crippen LogP contribution in [0, 0.1) is 29.6 Å². The molecule has 0 aliphatic carbocycles. The number of ether oxygens (including phenoxy) is 6. The molecule has 19 atom stereocenters. The Morgan fingerprint density at radius 1 is 0.527 bits per heavy atom. The van der Waals surface area contributed by atoms with Crippen LogP contribution in [0.1, 0.15) is 161 Å². The van der Waals surface area contributed by atoms with Gasteiger partial charge in [-0.15, -0.1) is 0 Å². The van der Waals surface area contributed by atoms with Crippen molar-refractivity contribution in [2.45, 2.75) is 274 Å². The molecule has 6 saturated heterocycles. The lowest BCUT2D eigenvalue weighted by atomic mass is 9.78. The number of carbonyl (C=O) groups is 1. The van der Waals surface area contributed by atoms with Gasteiger partial charge in [-0.1, -0.05) is 237 Å². The van der Waals surface area contributed by atoms with Gasteiger partial charge in [0.25, 0.3) is 16.6 Å². The van der Waals surface area contributed by atoms with Crippen LogP contribution in [0.2, 0.25) is 28.2 Å². The van der Waals surface area contributed by atoms with E-state index in [4.69, 9.17) is 48.3 Å². The predicted octanol–water partition coefficient (Wildman–Crippen LogP) is 15.2. The maximum absolute atomic E-state index is 15.4. The summed E-state index contributed by atoms with van der Waals surface area (Å²) in [5.74, 6) is 0.956. The third-order valence-electron chi connectivity index (χ3n) is 23.2. The molecule has 11 rings (SSSR count). The number of allylic oxidation sites excluding steroid dienone is 1. The van der Waals surface area contributed by atoms with E-state index in [1.54, 1.807) is 0 Å². The molecule has 6 fully saturated rings. The average Bonchev–Trinajstić information content (AvgIpc) is 1.71. The maximum Gasteiger partial charge on any atom is 0.261 e. The minimum absolute atomic E-state index is 0.0159. The summed E-state index contributed by atoms with van der Waals surface area (Å²) in [6.45, 7) is 44.9. The van der Waals surface area contributed by atoms with Crippen LogP contribution in [0.5, 0.6) is 0 Å². The Labute approximate surface area is 563 Å². The molecule has 7 heterocycles. The van der Waals surface area contributed by atoms with Gasteiger partial charge in [0.1, 0.15) is 36.3 Å². The zero-order valence-corrected chi connectivity index (χ0v) is 62.2. The molecule has 0 spiro atoms. The molecule has 4 aromatic rings. The predicted molar refractivity (Wildman–Crippen MR) is 383 cm³/mol. The molecule has 8 bridgehead atoms. The molecule has 506 valence electrons. The Hall–Kier alpha value is -3.94. The second-order valence-corrected chi connectivity index (χ2v) is 46.4. The summed E-state index contributed by atoms with van der Waals surface area (Å²) in [6.07, 6.45) is 7.86. The highest BCUT2D eigenvalue weighted by Gasteiger charge is 2.65. The Morgan fingerprint density at radius 2 is 1.05 bits per heavy atom. The number of fused-ring (bicyclic) bond motifs is 7. The van der Waals surface area contributed by atoms with E-state index in [9.17, 15) is 0 Å². The third kappa shape index (κ3) is 14.8.